The minimum atomic E-state index is -4.40. The molecule has 1 aliphatic heterocycles. The molecule has 1 fully saturated rings. The van der Waals surface area contributed by atoms with Crippen LogP contribution in [0.2, 0.25) is 0 Å². The number of nitrogens with one attached hydrogen (secondary N) is 1. The number of hydrogen-bond acceptors (Lipinski definition) is 3. The summed E-state index contributed by atoms with van der Waals surface area (Å²) in [6, 6.07) is 8.81. The minimum Gasteiger partial charge on any atom is -0.328 e. The normalized spacial score (nSPS) is 16.6. The van der Waals surface area contributed by atoms with Crippen molar-refractivity contribution < 1.29 is 18.0 Å². The lowest BCUT2D eigenvalue weighted by molar-refractivity contribution is -0.163. The van der Waals surface area contributed by atoms with Gasteiger partial charge in [-0.2, -0.15) is 13.2 Å². The first-order valence-electron chi connectivity index (χ1n) is 9.13. The molecule has 0 atom stereocenters. The van der Waals surface area contributed by atoms with Crippen molar-refractivity contribution in [3.05, 3.63) is 35.9 Å². The molecule has 4 nitrogen and oxygen atoms in total. The fraction of sp³-hybridized carbons (Fsp3) is 0.632. The van der Waals surface area contributed by atoms with Gasteiger partial charge in [-0.3, -0.25) is 9.69 Å². The van der Waals surface area contributed by atoms with Crippen LogP contribution in [-0.2, 0) is 11.3 Å². The Hall–Kier alpha value is -1.60. The fourth-order valence-corrected chi connectivity index (χ4v) is 3.33. The van der Waals surface area contributed by atoms with Gasteiger partial charge in [-0.15, -0.1) is 0 Å². The van der Waals surface area contributed by atoms with Gasteiger partial charge in [0.2, 0.25) is 5.91 Å². The van der Waals surface area contributed by atoms with Crippen molar-refractivity contribution in [1.82, 2.24) is 15.1 Å². The minimum absolute atomic E-state index is 0.0161. The van der Waals surface area contributed by atoms with Crippen LogP contribution in [0.15, 0.2) is 30.3 Å². The first kappa shape index (κ1) is 20.7. The van der Waals surface area contributed by atoms with Crippen molar-refractivity contribution >= 4 is 5.91 Å². The summed E-state index contributed by atoms with van der Waals surface area (Å²) >= 11 is 0. The van der Waals surface area contributed by atoms with Gasteiger partial charge in [-0.1, -0.05) is 30.3 Å². The number of benzene rings is 1. The molecule has 1 aromatic rings. The van der Waals surface area contributed by atoms with Gasteiger partial charge in [0.05, 0.1) is 6.54 Å². The number of halogens is 3. The fourth-order valence-electron chi connectivity index (χ4n) is 3.33. The maximum Gasteiger partial charge on any atom is 0.406 e. The van der Waals surface area contributed by atoms with Crippen LogP contribution in [0, 0.1) is 5.92 Å². The topological polar surface area (TPSA) is 35.6 Å². The Balaban J connectivity index is 1.90. The molecule has 0 saturated carbocycles. The van der Waals surface area contributed by atoms with Gasteiger partial charge in [-0.05, 0) is 57.4 Å². The lowest BCUT2D eigenvalue weighted by Crippen LogP contribution is -2.46. The van der Waals surface area contributed by atoms with E-state index in [1.165, 1.54) is 0 Å². The molecule has 0 spiro atoms. The summed E-state index contributed by atoms with van der Waals surface area (Å²) in [7, 11) is 1.93. The van der Waals surface area contributed by atoms with Crippen LogP contribution >= 0.6 is 0 Å². The van der Waals surface area contributed by atoms with Crippen molar-refractivity contribution in [1.29, 1.82) is 0 Å². The van der Waals surface area contributed by atoms with Crippen molar-refractivity contribution in [3.8, 4) is 0 Å². The lowest BCUT2D eigenvalue weighted by Gasteiger charge is -2.33. The van der Waals surface area contributed by atoms with Crippen LogP contribution in [0.3, 0.4) is 0 Å². The van der Waals surface area contributed by atoms with Crippen LogP contribution in [0.5, 0.6) is 0 Å². The Kier molecular flexibility index (Phi) is 7.90. The third kappa shape index (κ3) is 7.33. The van der Waals surface area contributed by atoms with Gasteiger partial charge < -0.3 is 10.2 Å². The van der Waals surface area contributed by atoms with Crippen molar-refractivity contribution in [2.75, 3.05) is 39.8 Å². The van der Waals surface area contributed by atoms with Crippen LogP contribution < -0.4 is 5.32 Å². The predicted molar refractivity (Wildman–Crippen MR) is 95.6 cm³/mol. The Bertz CT molecular complexity index is 543. The molecular formula is C19H28F3N3O. The third-order valence-corrected chi connectivity index (χ3v) is 4.81. The Morgan fingerprint density at radius 2 is 1.88 bits per heavy atom. The molecule has 1 amide bonds. The number of piperidine rings is 1. The van der Waals surface area contributed by atoms with Crippen LogP contribution in [0.4, 0.5) is 13.2 Å². The molecule has 0 unspecified atom stereocenters. The number of likely N-dealkylation sites (tertiary alicyclic amines) is 1. The zero-order valence-corrected chi connectivity index (χ0v) is 15.3. The van der Waals surface area contributed by atoms with E-state index in [4.69, 9.17) is 0 Å². The van der Waals surface area contributed by atoms with Gasteiger partial charge in [0.1, 0.15) is 6.54 Å². The molecule has 0 aromatic heterocycles. The summed E-state index contributed by atoms with van der Waals surface area (Å²) in [5.74, 6) is 0.171. The molecule has 1 heterocycles. The van der Waals surface area contributed by atoms with E-state index in [0.29, 0.717) is 11.5 Å². The lowest BCUT2D eigenvalue weighted by atomic mass is 9.93. The second kappa shape index (κ2) is 9.92. The first-order chi connectivity index (χ1) is 12.4. The van der Waals surface area contributed by atoms with Crippen molar-refractivity contribution in [2.24, 2.45) is 5.92 Å². The largest absolute Gasteiger partial charge is 0.406 e. The molecule has 0 radical (unpaired) electrons. The SMILES string of the molecule is CNCCC1CCN(CC(=O)N(Cc2ccccc2)CC(F)(F)F)CC1. The van der Waals surface area contributed by atoms with E-state index >= 15 is 0 Å². The van der Waals surface area contributed by atoms with Gasteiger partial charge in [0.25, 0.3) is 0 Å². The Labute approximate surface area is 153 Å². The van der Waals surface area contributed by atoms with Crippen LogP contribution in [-0.4, -0.2) is 61.7 Å². The van der Waals surface area contributed by atoms with Gasteiger partial charge in [0.15, 0.2) is 0 Å². The van der Waals surface area contributed by atoms with E-state index in [-0.39, 0.29) is 13.1 Å². The summed E-state index contributed by atoms with van der Waals surface area (Å²) in [6.07, 6.45) is -1.31. The molecule has 1 aliphatic rings. The van der Waals surface area contributed by atoms with E-state index < -0.39 is 18.6 Å². The number of nitrogens with zero attached hydrogens (tertiary/aromatic N) is 2. The monoisotopic (exact) mass is 371 g/mol. The highest BCUT2D eigenvalue weighted by Crippen LogP contribution is 2.21. The average molecular weight is 371 g/mol. The summed E-state index contributed by atoms with van der Waals surface area (Å²) in [5.41, 5.74) is 0.705. The number of carbonyl (C=O) groups excluding carboxylic acids is 1. The maximum atomic E-state index is 12.9. The number of carbonyl (C=O) groups is 1. The third-order valence-electron chi connectivity index (χ3n) is 4.81. The summed E-state index contributed by atoms with van der Waals surface area (Å²) in [5, 5.41) is 3.14. The number of amides is 1. The quantitative estimate of drug-likeness (QED) is 0.763. The molecular weight excluding hydrogens is 343 g/mol. The molecule has 1 N–H and O–H groups in total. The van der Waals surface area contributed by atoms with E-state index in [0.717, 1.165) is 43.8 Å². The van der Waals surface area contributed by atoms with Crippen molar-refractivity contribution in [2.45, 2.75) is 32.0 Å². The van der Waals surface area contributed by atoms with E-state index in [9.17, 15) is 18.0 Å². The predicted octanol–water partition coefficient (Wildman–Crippen LogP) is 2.90. The molecule has 1 aromatic carbocycles. The molecule has 26 heavy (non-hydrogen) atoms. The average Bonchev–Trinajstić information content (AvgIpc) is 2.60. The van der Waals surface area contributed by atoms with Crippen molar-refractivity contribution in [3.63, 3.8) is 0 Å². The molecule has 0 bridgehead atoms. The molecule has 7 heteroatoms. The van der Waals surface area contributed by atoms with E-state index in [1.807, 2.05) is 11.9 Å². The summed E-state index contributed by atoms with van der Waals surface area (Å²) in [4.78, 5) is 15.4. The zero-order chi connectivity index (χ0) is 19.0. The Morgan fingerprint density at radius 1 is 1.23 bits per heavy atom. The molecule has 0 aliphatic carbocycles. The second-order valence-electron chi connectivity index (χ2n) is 6.96. The number of alkyl halides is 3. The van der Waals surface area contributed by atoms with Crippen LogP contribution in [0.25, 0.3) is 0 Å². The first-order valence-corrected chi connectivity index (χ1v) is 9.13. The number of rotatable bonds is 8. The molecule has 2 rings (SSSR count). The molecule has 1 saturated heterocycles. The summed E-state index contributed by atoms with van der Waals surface area (Å²) in [6.45, 7) is 1.34. The highest BCUT2D eigenvalue weighted by atomic mass is 19.4. The Morgan fingerprint density at radius 3 is 2.46 bits per heavy atom. The van der Waals surface area contributed by atoms with Gasteiger partial charge in [-0.25, -0.2) is 0 Å². The van der Waals surface area contributed by atoms with Gasteiger partial charge in [0, 0.05) is 6.54 Å². The zero-order valence-electron chi connectivity index (χ0n) is 15.3. The van der Waals surface area contributed by atoms with E-state index in [1.54, 1.807) is 30.3 Å². The molecule has 146 valence electrons. The highest BCUT2D eigenvalue weighted by molar-refractivity contribution is 5.78. The smallest absolute Gasteiger partial charge is 0.328 e. The standard InChI is InChI=1S/C19H28F3N3O/c1-23-10-7-16-8-11-24(12-9-16)14-18(26)25(15-19(20,21)22)13-17-5-3-2-4-6-17/h2-6,16,23H,7-15H2,1H3. The van der Waals surface area contributed by atoms with Crippen LogP contribution in [0.1, 0.15) is 24.8 Å². The summed E-state index contributed by atoms with van der Waals surface area (Å²) < 4.78 is 38.7. The maximum absolute atomic E-state index is 12.9. The van der Waals surface area contributed by atoms with E-state index in [2.05, 4.69) is 5.32 Å². The highest BCUT2D eigenvalue weighted by Gasteiger charge is 2.33. The number of hydrogen-bond donors (Lipinski definition) is 1. The van der Waals surface area contributed by atoms with Gasteiger partial charge >= 0.3 is 6.18 Å². The second-order valence-corrected chi connectivity index (χ2v) is 6.96.